The van der Waals surface area contributed by atoms with Crippen LogP contribution in [-0.2, 0) is 6.42 Å². The lowest BCUT2D eigenvalue weighted by atomic mass is 9.80. The van der Waals surface area contributed by atoms with E-state index in [0.29, 0.717) is 23.3 Å². The van der Waals surface area contributed by atoms with Crippen molar-refractivity contribution in [3.8, 4) is 0 Å². The monoisotopic (exact) mass is 481 g/mol. The van der Waals surface area contributed by atoms with Crippen molar-refractivity contribution in [2.45, 2.75) is 75.5 Å². The van der Waals surface area contributed by atoms with Crippen LogP contribution in [0.5, 0.6) is 0 Å². The summed E-state index contributed by atoms with van der Waals surface area (Å²) in [7, 11) is 0. The molecule has 0 aliphatic heterocycles. The number of hydrogen-bond donors (Lipinski definition) is 3. The fourth-order valence-corrected chi connectivity index (χ4v) is 6.96. The van der Waals surface area contributed by atoms with Gasteiger partial charge in [-0.25, -0.2) is 18.0 Å². The number of hydrogen-bond acceptors (Lipinski definition) is 5. The van der Waals surface area contributed by atoms with Gasteiger partial charge in [0, 0.05) is 33.3 Å². The van der Waals surface area contributed by atoms with Crippen LogP contribution in [0.3, 0.4) is 0 Å². The Morgan fingerprint density at radius 3 is 2.67 bits per heavy atom. The summed E-state index contributed by atoms with van der Waals surface area (Å²) in [4.78, 5) is 28.9. The Morgan fingerprint density at radius 1 is 1.30 bits per heavy atom. The van der Waals surface area contributed by atoms with Gasteiger partial charge in [-0.15, -0.1) is 11.3 Å². The summed E-state index contributed by atoms with van der Waals surface area (Å²) < 4.78 is 45.6. The molecular formula is C23H26F3N3O3S. The first-order valence-electron chi connectivity index (χ1n) is 11.3. The van der Waals surface area contributed by atoms with Crippen LogP contribution in [0.25, 0.3) is 11.1 Å². The molecule has 10 heteroatoms. The van der Waals surface area contributed by atoms with Crippen LogP contribution < -0.4 is 27.6 Å². The van der Waals surface area contributed by atoms with Crippen molar-refractivity contribution in [2.75, 3.05) is 6.61 Å². The van der Waals surface area contributed by atoms with Gasteiger partial charge in [0.1, 0.15) is 6.17 Å². The van der Waals surface area contributed by atoms with E-state index in [1.807, 2.05) is 6.07 Å². The molecule has 33 heavy (non-hydrogen) atoms. The first-order chi connectivity index (χ1) is 15.7. The van der Waals surface area contributed by atoms with E-state index in [-0.39, 0.29) is 23.9 Å². The Kier molecular flexibility index (Phi) is 5.65. The van der Waals surface area contributed by atoms with Crippen LogP contribution >= 0.6 is 11.3 Å². The molecule has 0 saturated heterocycles. The van der Waals surface area contributed by atoms with Crippen molar-refractivity contribution in [3.05, 3.63) is 52.8 Å². The zero-order valence-electron chi connectivity index (χ0n) is 18.1. The Hall–Kier alpha value is -2.17. The molecule has 2 aromatic rings. The molecule has 0 aromatic carbocycles. The molecule has 3 aliphatic rings. The normalized spacial score (nSPS) is 25.8. The summed E-state index contributed by atoms with van der Waals surface area (Å²) in [6, 6.07) is 1.20. The number of nitrogens with two attached hydrogens (primary N) is 1. The maximum atomic E-state index is 15.9. The highest BCUT2D eigenvalue weighted by Gasteiger charge is 2.41. The third kappa shape index (κ3) is 3.54. The zero-order valence-corrected chi connectivity index (χ0v) is 18.9. The van der Waals surface area contributed by atoms with Crippen molar-refractivity contribution < 1.29 is 18.3 Å². The number of nitrogens with one attached hydrogen (secondary N) is 1. The van der Waals surface area contributed by atoms with Gasteiger partial charge in [0.2, 0.25) is 0 Å². The number of fused-ring (bicyclic) bond motifs is 2. The molecule has 3 aliphatic carbocycles. The summed E-state index contributed by atoms with van der Waals surface area (Å²) >= 11 is 1.38. The quantitative estimate of drug-likeness (QED) is 0.601. The van der Waals surface area contributed by atoms with E-state index in [1.54, 1.807) is 6.92 Å². The number of aliphatic hydroxyl groups excluding tert-OH is 1. The number of aromatic amines is 1. The highest BCUT2D eigenvalue weighted by Crippen LogP contribution is 2.46. The molecule has 2 heterocycles. The zero-order chi connectivity index (χ0) is 23.6. The minimum Gasteiger partial charge on any atom is -0.395 e. The molecule has 4 atom stereocenters. The van der Waals surface area contributed by atoms with Gasteiger partial charge >= 0.3 is 5.69 Å². The van der Waals surface area contributed by atoms with Gasteiger partial charge in [0.05, 0.1) is 23.1 Å². The number of H-pyrrole nitrogens is 1. The van der Waals surface area contributed by atoms with Crippen molar-refractivity contribution in [3.63, 3.8) is 0 Å². The van der Waals surface area contributed by atoms with E-state index in [4.69, 9.17) is 5.73 Å². The van der Waals surface area contributed by atoms with E-state index < -0.39 is 46.6 Å². The summed E-state index contributed by atoms with van der Waals surface area (Å²) in [6.07, 6.45) is -1.40. The summed E-state index contributed by atoms with van der Waals surface area (Å²) in [5.41, 5.74) is 5.00. The van der Waals surface area contributed by atoms with Gasteiger partial charge in [-0.1, -0.05) is 0 Å². The Bertz CT molecular complexity index is 1340. The molecule has 0 bridgehead atoms. The Labute approximate surface area is 191 Å². The lowest BCUT2D eigenvalue weighted by Crippen LogP contribution is -2.59. The van der Waals surface area contributed by atoms with Crippen molar-refractivity contribution >= 4 is 22.5 Å². The van der Waals surface area contributed by atoms with Gasteiger partial charge in [0.25, 0.3) is 12.0 Å². The van der Waals surface area contributed by atoms with Gasteiger partial charge in [-0.3, -0.25) is 14.3 Å². The molecule has 6 nitrogen and oxygen atoms in total. The molecule has 1 saturated carbocycles. The van der Waals surface area contributed by atoms with Crippen molar-refractivity contribution in [2.24, 2.45) is 5.73 Å². The Balaban J connectivity index is 1.77. The van der Waals surface area contributed by atoms with Crippen molar-refractivity contribution in [1.29, 1.82) is 0 Å². The molecule has 178 valence electrons. The van der Waals surface area contributed by atoms with E-state index in [9.17, 15) is 23.5 Å². The van der Waals surface area contributed by atoms with E-state index >= 15 is 4.39 Å². The third-order valence-electron chi connectivity index (χ3n) is 7.22. The minimum absolute atomic E-state index is 0.0796. The SMILES string of the molecule is CC1=c2c(c(=O)[nH]c(=O)n2C2CC2)=C(C(F)F)C(F)C1c1cc2c(s1)CCCC2C(N)CO. The van der Waals surface area contributed by atoms with Crippen LogP contribution in [0.1, 0.15) is 65.8 Å². The highest BCUT2D eigenvalue weighted by atomic mass is 32.1. The first-order valence-corrected chi connectivity index (χ1v) is 12.1. The minimum atomic E-state index is -3.18. The maximum Gasteiger partial charge on any atom is 0.329 e. The summed E-state index contributed by atoms with van der Waals surface area (Å²) in [6.45, 7) is 1.45. The lowest BCUT2D eigenvalue weighted by molar-refractivity contribution is 0.191. The standard InChI is InChI=1S/C23H26F3N3O3S/c1-9-16(15-7-12-11(13(27)8-30)3-2-4-14(12)33-15)19(24)17(21(25)26)18-20(9)29(10-5-6-10)23(32)28-22(18)31/h7,10-11,13,16,19,21,30H,2-6,8,27H2,1H3,(H,28,31,32). The average Bonchev–Trinajstić information content (AvgIpc) is 3.51. The van der Waals surface area contributed by atoms with E-state index in [1.165, 1.54) is 15.9 Å². The number of aromatic nitrogens is 2. The molecule has 5 rings (SSSR count). The molecule has 4 N–H and O–H groups in total. The first kappa shape index (κ1) is 22.6. The molecule has 1 fully saturated rings. The number of nitrogens with zero attached hydrogens (tertiary/aromatic N) is 1. The Morgan fingerprint density at radius 2 is 2.03 bits per heavy atom. The van der Waals surface area contributed by atoms with Gasteiger partial charge < -0.3 is 10.8 Å². The van der Waals surface area contributed by atoms with Crippen LogP contribution in [0.4, 0.5) is 13.2 Å². The lowest BCUT2D eigenvalue weighted by Gasteiger charge is -2.28. The molecule has 0 spiro atoms. The number of alkyl halides is 3. The number of aryl methyl sites for hydroxylation is 1. The second-order valence-corrected chi connectivity index (χ2v) is 10.4. The van der Waals surface area contributed by atoms with E-state index in [2.05, 4.69) is 4.98 Å². The highest BCUT2D eigenvalue weighted by molar-refractivity contribution is 7.12. The summed E-state index contributed by atoms with van der Waals surface area (Å²) in [5.74, 6) is -1.10. The summed E-state index contributed by atoms with van der Waals surface area (Å²) in [5, 5.41) is 9.29. The van der Waals surface area contributed by atoms with Crippen molar-refractivity contribution in [1.82, 2.24) is 9.55 Å². The number of rotatable bonds is 5. The van der Waals surface area contributed by atoms with Gasteiger partial charge in [-0.2, -0.15) is 0 Å². The maximum absolute atomic E-state index is 15.9. The molecule has 0 amide bonds. The average molecular weight is 482 g/mol. The van der Waals surface area contributed by atoms with Crippen LogP contribution in [0, 0.1) is 0 Å². The second kappa shape index (κ2) is 8.25. The second-order valence-electron chi connectivity index (χ2n) is 9.27. The number of halogens is 3. The fourth-order valence-electron chi connectivity index (χ4n) is 5.49. The van der Waals surface area contributed by atoms with Crippen LogP contribution in [-0.4, -0.2) is 39.9 Å². The van der Waals surface area contributed by atoms with Crippen LogP contribution in [0.2, 0.25) is 0 Å². The fraction of sp³-hybridized carbons (Fsp3) is 0.565. The molecular weight excluding hydrogens is 455 g/mol. The van der Waals surface area contributed by atoms with Gasteiger partial charge in [0.15, 0.2) is 0 Å². The predicted octanol–water partition coefficient (Wildman–Crippen LogP) is 1.39. The number of aliphatic hydroxyl groups is 1. The topological polar surface area (TPSA) is 101 Å². The van der Waals surface area contributed by atoms with Gasteiger partial charge in [-0.05, 0) is 56.2 Å². The third-order valence-corrected chi connectivity index (χ3v) is 8.52. The largest absolute Gasteiger partial charge is 0.395 e. The smallest absolute Gasteiger partial charge is 0.329 e. The molecule has 2 aromatic heterocycles. The predicted molar refractivity (Wildman–Crippen MR) is 120 cm³/mol. The van der Waals surface area contributed by atoms with Crippen LogP contribution in [0.15, 0.2) is 15.7 Å². The molecule has 4 unspecified atom stereocenters. The van der Waals surface area contributed by atoms with E-state index in [0.717, 1.165) is 29.7 Å². The number of thiophene rings is 1. The molecule has 0 radical (unpaired) electrons.